The second-order valence-corrected chi connectivity index (χ2v) is 6.99. The molecule has 28 heavy (non-hydrogen) atoms. The summed E-state index contributed by atoms with van der Waals surface area (Å²) in [5.41, 5.74) is 11.6. The van der Waals surface area contributed by atoms with Crippen LogP contribution >= 0.6 is 0 Å². The number of aromatic nitrogens is 2. The standard InChI is InChI=1S/C22H22N4O2/c1-13-7-8-16(9-14(13)2)25-21(27)20-12-28-22(26-20)18(23)10-15-11-24-19-6-4-3-5-17(15)19/h3-9,11-12,18,24H,10,23H2,1-2H3,(H,25,27). The molecule has 4 N–H and O–H groups in total. The van der Waals surface area contributed by atoms with Crippen molar-refractivity contribution in [3.05, 3.63) is 83.2 Å². The molecule has 4 aromatic rings. The number of para-hydroxylation sites is 1. The Bertz CT molecular complexity index is 1140. The van der Waals surface area contributed by atoms with Crippen LogP contribution in [-0.2, 0) is 6.42 Å². The predicted octanol–water partition coefficient (Wildman–Crippen LogP) is 4.27. The zero-order chi connectivity index (χ0) is 19.7. The highest BCUT2D eigenvalue weighted by atomic mass is 16.3. The minimum absolute atomic E-state index is 0.211. The van der Waals surface area contributed by atoms with Gasteiger partial charge in [0.1, 0.15) is 6.26 Å². The Morgan fingerprint density at radius 1 is 1.21 bits per heavy atom. The molecule has 2 heterocycles. The van der Waals surface area contributed by atoms with Crippen LogP contribution in [-0.4, -0.2) is 15.9 Å². The lowest BCUT2D eigenvalue weighted by Crippen LogP contribution is -2.16. The molecule has 0 saturated carbocycles. The van der Waals surface area contributed by atoms with Crippen LogP contribution in [0, 0.1) is 13.8 Å². The lowest BCUT2D eigenvalue weighted by molar-refractivity contribution is 0.102. The smallest absolute Gasteiger partial charge is 0.277 e. The molecule has 142 valence electrons. The third-order valence-corrected chi connectivity index (χ3v) is 4.95. The summed E-state index contributed by atoms with van der Waals surface area (Å²) >= 11 is 0. The summed E-state index contributed by atoms with van der Waals surface area (Å²) in [7, 11) is 0. The molecule has 0 saturated heterocycles. The van der Waals surface area contributed by atoms with Crippen molar-refractivity contribution < 1.29 is 9.21 Å². The van der Waals surface area contributed by atoms with E-state index in [0.717, 1.165) is 27.7 Å². The van der Waals surface area contributed by atoms with E-state index in [9.17, 15) is 4.79 Å². The number of carbonyl (C=O) groups is 1. The lowest BCUT2D eigenvalue weighted by Gasteiger charge is -2.07. The highest BCUT2D eigenvalue weighted by Crippen LogP contribution is 2.23. The molecule has 1 unspecified atom stereocenters. The number of carbonyl (C=O) groups excluding carboxylic acids is 1. The molecule has 0 radical (unpaired) electrons. The number of aryl methyl sites for hydroxylation is 2. The zero-order valence-corrected chi connectivity index (χ0v) is 15.8. The van der Waals surface area contributed by atoms with Gasteiger partial charge in [0.15, 0.2) is 5.69 Å². The first-order chi connectivity index (χ1) is 13.5. The number of hydrogen-bond donors (Lipinski definition) is 3. The van der Waals surface area contributed by atoms with Crippen molar-refractivity contribution in [2.75, 3.05) is 5.32 Å². The quantitative estimate of drug-likeness (QED) is 0.486. The first kappa shape index (κ1) is 18.0. The van der Waals surface area contributed by atoms with Crippen LogP contribution in [0.2, 0.25) is 0 Å². The average Bonchev–Trinajstić information content (AvgIpc) is 3.33. The van der Waals surface area contributed by atoms with Crippen molar-refractivity contribution in [1.82, 2.24) is 9.97 Å². The van der Waals surface area contributed by atoms with E-state index >= 15 is 0 Å². The van der Waals surface area contributed by atoms with E-state index < -0.39 is 6.04 Å². The normalized spacial score (nSPS) is 12.2. The number of aromatic amines is 1. The summed E-state index contributed by atoms with van der Waals surface area (Å²) in [6.07, 6.45) is 3.85. The van der Waals surface area contributed by atoms with Crippen LogP contribution in [0.5, 0.6) is 0 Å². The van der Waals surface area contributed by atoms with Crippen LogP contribution in [0.1, 0.15) is 39.1 Å². The molecule has 1 atom stereocenters. The zero-order valence-electron chi connectivity index (χ0n) is 15.8. The Labute approximate surface area is 162 Å². The fraction of sp³-hybridized carbons (Fsp3) is 0.182. The number of oxazole rings is 1. The molecular formula is C22H22N4O2. The Morgan fingerprint density at radius 3 is 2.86 bits per heavy atom. The van der Waals surface area contributed by atoms with Gasteiger partial charge in [-0.3, -0.25) is 4.79 Å². The van der Waals surface area contributed by atoms with Gasteiger partial charge in [-0.25, -0.2) is 4.98 Å². The van der Waals surface area contributed by atoms with Gasteiger partial charge >= 0.3 is 0 Å². The number of hydrogen-bond acceptors (Lipinski definition) is 4. The van der Waals surface area contributed by atoms with Gasteiger partial charge in [-0.1, -0.05) is 24.3 Å². The van der Waals surface area contributed by atoms with Crippen molar-refractivity contribution in [3.63, 3.8) is 0 Å². The van der Waals surface area contributed by atoms with E-state index in [4.69, 9.17) is 10.2 Å². The maximum atomic E-state index is 12.5. The molecule has 0 spiro atoms. The van der Waals surface area contributed by atoms with Crippen LogP contribution in [0.15, 0.2) is 59.3 Å². The second-order valence-electron chi connectivity index (χ2n) is 6.99. The Kier molecular flexibility index (Phi) is 4.71. The van der Waals surface area contributed by atoms with Gasteiger partial charge in [0.2, 0.25) is 5.89 Å². The summed E-state index contributed by atoms with van der Waals surface area (Å²) in [5.74, 6) is 0.0214. The maximum Gasteiger partial charge on any atom is 0.277 e. The monoisotopic (exact) mass is 374 g/mol. The number of rotatable bonds is 5. The van der Waals surface area contributed by atoms with Crippen molar-refractivity contribution in [1.29, 1.82) is 0 Å². The summed E-state index contributed by atoms with van der Waals surface area (Å²) in [6.45, 7) is 4.03. The van der Waals surface area contributed by atoms with E-state index in [2.05, 4.69) is 15.3 Å². The molecule has 6 nitrogen and oxygen atoms in total. The van der Waals surface area contributed by atoms with Gasteiger partial charge in [-0.05, 0) is 55.2 Å². The van der Waals surface area contributed by atoms with Crippen LogP contribution in [0.4, 0.5) is 5.69 Å². The van der Waals surface area contributed by atoms with Crippen molar-refractivity contribution in [2.45, 2.75) is 26.3 Å². The van der Waals surface area contributed by atoms with Crippen molar-refractivity contribution in [2.24, 2.45) is 5.73 Å². The molecule has 0 aliphatic carbocycles. The maximum absolute atomic E-state index is 12.5. The fourth-order valence-electron chi connectivity index (χ4n) is 3.20. The van der Waals surface area contributed by atoms with E-state index in [1.165, 1.54) is 11.8 Å². The van der Waals surface area contributed by atoms with E-state index in [0.29, 0.717) is 12.3 Å². The van der Waals surface area contributed by atoms with E-state index in [-0.39, 0.29) is 11.6 Å². The number of anilines is 1. The van der Waals surface area contributed by atoms with Gasteiger partial charge in [0.25, 0.3) is 5.91 Å². The molecular weight excluding hydrogens is 352 g/mol. The molecule has 0 bridgehead atoms. The van der Waals surface area contributed by atoms with Gasteiger partial charge in [-0.2, -0.15) is 0 Å². The molecule has 0 fully saturated rings. The van der Waals surface area contributed by atoms with E-state index in [1.807, 2.05) is 62.5 Å². The number of benzene rings is 2. The third kappa shape index (κ3) is 3.54. The number of amides is 1. The van der Waals surface area contributed by atoms with Crippen LogP contribution in [0.25, 0.3) is 10.9 Å². The minimum atomic E-state index is -0.442. The summed E-state index contributed by atoms with van der Waals surface area (Å²) < 4.78 is 5.48. The average molecular weight is 374 g/mol. The largest absolute Gasteiger partial charge is 0.446 e. The topological polar surface area (TPSA) is 96.9 Å². The molecule has 1 amide bonds. The first-order valence-corrected chi connectivity index (χ1v) is 9.16. The molecule has 0 aliphatic heterocycles. The van der Waals surface area contributed by atoms with Crippen LogP contribution in [0.3, 0.4) is 0 Å². The third-order valence-electron chi connectivity index (χ3n) is 4.95. The van der Waals surface area contributed by atoms with Gasteiger partial charge in [0, 0.05) is 22.8 Å². The van der Waals surface area contributed by atoms with Crippen LogP contribution < -0.4 is 11.1 Å². The molecule has 2 aromatic carbocycles. The highest BCUT2D eigenvalue weighted by Gasteiger charge is 2.19. The highest BCUT2D eigenvalue weighted by molar-refractivity contribution is 6.02. The number of nitrogens with one attached hydrogen (secondary N) is 2. The second kappa shape index (κ2) is 7.32. The number of nitrogens with two attached hydrogens (primary N) is 1. The molecule has 0 aliphatic rings. The van der Waals surface area contributed by atoms with Gasteiger partial charge < -0.3 is 20.5 Å². The SMILES string of the molecule is Cc1ccc(NC(=O)c2coc(C(N)Cc3c[nH]c4ccccc34)n2)cc1C. The summed E-state index contributed by atoms with van der Waals surface area (Å²) in [4.78, 5) is 20.0. The predicted molar refractivity (Wildman–Crippen MR) is 109 cm³/mol. The fourth-order valence-corrected chi connectivity index (χ4v) is 3.20. The number of fused-ring (bicyclic) bond motifs is 1. The Balaban J connectivity index is 1.47. The van der Waals surface area contributed by atoms with Gasteiger partial charge in [-0.15, -0.1) is 0 Å². The lowest BCUT2D eigenvalue weighted by atomic mass is 10.1. The molecule has 6 heteroatoms. The summed E-state index contributed by atoms with van der Waals surface area (Å²) in [5, 5.41) is 3.96. The summed E-state index contributed by atoms with van der Waals surface area (Å²) in [6, 6.07) is 13.4. The Hall–Kier alpha value is -3.38. The van der Waals surface area contributed by atoms with Gasteiger partial charge in [0.05, 0.1) is 6.04 Å². The van der Waals surface area contributed by atoms with E-state index in [1.54, 1.807) is 0 Å². The van der Waals surface area contributed by atoms with Crippen molar-refractivity contribution >= 4 is 22.5 Å². The Morgan fingerprint density at radius 2 is 2.04 bits per heavy atom. The number of H-pyrrole nitrogens is 1. The minimum Gasteiger partial charge on any atom is -0.446 e. The van der Waals surface area contributed by atoms with Crippen molar-refractivity contribution in [3.8, 4) is 0 Å². The molecule has 2 aromatic heterocycles. The molecule has 4 rings (SSSR count). The first-order valence-electron chi connectivity index (χ1n) is 9.16. The number of nitrogens with zero attached hydrogens (tertiary/aromatic N) is 1.